The molecule has 0 bridgehead atoms. The average molecular weight is 273 g/mol. The third-order valence-corrected chi connectivity index (χ3v) is 3.08. The van der Waals surface area contributed by atoms with Crippen molar-refractivity contribution in [2.45, 2.75) is 19.3 Å². The number of hydrogen-bond donors (Lipinski definition) is 2. The summed E-state index contributed by atoms with van der Waals surface area (Å²) in [5, 5.41) is 18.5. The smallest absolute Gasteiger partial charge is 0.303 e. The molecule has 0 saturated carbocycles. The zero-order valence-corrected chi connectivity index (χ0v) is 10.4. The second kappa shape index (κ2) is 5.35. The number of benzene rings is 1. The Kier molecular flexibility index (Phi) is 3.81. The molecule has 0 spiro atoms. The first-order valence-electron chi connectivity index (χ1n) is 5.61. The van der Waals surface area contributed by atoms with Gasteiger partial charge in [-0.25, -0.2) is 0 Å². The molecule has 5 nitrogen and oxygen atoms in total. The molecule has 1 aromatic rings. The first-order valence-corrected chi connectivity index (χ1v) is 5.99. The molecular weight excluding hydrogens is 260 g/mol. The molecule has 0 fully saturated rings. The number of hydrogen-bond acceptors (Lipinski definition) is 4. The van der Waals surface area contributed by atoms with E-state index in [4.69, 9.17) is 26.2 Å². The lowest BCUT2D eigenvalue weighted by Crippen LogP contribution is -2.17. The zero-order valence-electron chi connectivity index (χ0n) is 9.61. The average Bonchev–Trinajstić information content (AvgIpc) is 2.33. The second-order valence-corrected chi connectivity index (χ2v) is 4.34. The van der Waals surface area contributed by atoms with Gasteiger partial charge in [-0.3, -0.25) is 4.79 Å². The molecule has 0 atom stereocenters. The van der Waals surface area contributed by atoms with Crippen molar-refractivity contribution in [1.29, 1.82) is 0 Å². The molecule has 1 aliphatic heterocycles. The maximum atomic E-state index is 10.5. The van der Waals surface area contributed by atoms with Crippen LogP contribution in [0.5, 0.6) is 17.2 Å². The number of rotatable bonds is 4. The number of carboxylic acids is 1. The topological polar surface area (TPSA) is 76.0 Å². The third-order valence-electron chi connectivity index (χ3n) is 2.66. The van der Waals surface area contributed by atoms with Gasteiger partial charge >= 0.3 is 5.97 Å². The summed E-state index contributed by atoms with van der Waals surface area (Å²) in [6, 6.07) is 1.41. The Balaban J connectivity index is 2.26. The van der Waals surface area contributed by atoms with E-state index < -0.39 is 5.97 Å². The normalized spacial score (nSPS) is 13.4. The van der Waals surface area contributed by atoms with Crippen molar-refractivity contribution in [3.63, 3.8) is 0 Å². The third kappa shape index (κ3) is 2.61. The standard InChI is InChI=1S/C12H13ClO5/c13-11-7(2-1-3-10(15)16)12-9(6-8(11)14)17-4-5-18-12/h6,14H,1-5H2,(H,15,16). The number of aromatic hydroxyl groups is 1. The van der Waals surface area contributed by atoms with Gasteiger partial charge in [0.2, 0.25) is 0 Å². The molecule has 6 heteroatoms. The van der Waals surface area contributed by atoms with E-state index in [2.05, 4.69) is 0 Å². The summed E-state index contributed by atoms with van der Waals surface area (Å²) in [6.07, 6.45) is 0.890. The minimum Gasteiger partial charge on any atom is -0.506 e. The van der Waals surface area contributed by atoms with E-state index in [1.54, 1.807) is 0 Å². The number of ether oxygens (including phenoxy) is 2. The molecule has 98 valence electrons. The quantitative estimate of drug-likeness (QED) is 0.879. The predicted molar refractivity (Wildman–Crippen MR) is 64.7 cm³/mol. The van der Waals surface area contributed by atoms with Gasteiger partial charge in [-0.15, -0.1) is 0 Å². The van der Waals surface area contributed by atoms with Crippen LogP contribution >= 0.6 is 11.6 Å². The van der Waals surface area contributed by atoms with E-state index >= 15 is 0 Å². The molecular formula is C12H13ClO5. The van der Waals surface area contributed by atoms with Crippen LogP contribution in [0.1, 0.15) is 18.4 Å². The molecule has 1 aliphatic rings. The lowest BCUT2D eigenvalue weighted by atomic mass is 10.1. The molecule has 0 unspecified atom stereocenters. The lowest BCUT2D eigenvalue weighted by molar-refractivity contribution is -0.137. The minimum absolute atomic E-state index is 0.0433. The molecule has 1 aromatic carbocycles. The summed E-state index contributed by atoms with van der Waals surface area (Å²) < 4.78 is 10.8. The van der Waals surface area contributed by atoms with Crippen molar-refractivity contribution in [2.24, 2.45) is 0 Å². The number of carbonyl (C=O) groups is 1. The Morgan fingerprint density at radius 2 is 2.11 bits per heavy atom. The highest BCUT2D eigenvalue weighted by Crippen LogP contribution is 2.43. The molecule has 2 N–H and O–H groups in total. The fourth-order valence-corrected chi connectivity index (χ4v) is 2.09. The lowest BCUT2D eigenvalue weighted by Gasteiger charge is -2.22. The number of halogens is 1. The molecule has 1 heterocycles. The van der Waals surface area contributed by atoms with Crippen LogP contribution < -0.4 is 9.47 Å². The van der Waals surface area contributed by atoms with Crippen molar-refractivity contribution >= 4 is 17.6 Å². The van der Waals surface area contributed by atoms with E-state index in [1.165, 1.54) is 6.07 Å². The Labute approximate surface area is 109 Å². The van der Waals surface area contributed by atoms with Crippen molar-refractivity contribution < 1.29 is 24.5 Å². The number of fused-ring (bicyclic) bond motifs is 1. The molecule has 0 radical (unpaired) electrons. The van der Waals surface area contributed by atoms with Crippen LogP contribution in [0.25, 0.3) is 0 Å². The first kappa shape index (κ1) is 12.8. The fourth-order valence-electron chi connectivity index (χ4n) is 1.86. The molecule has 0 aliphatic carbocycles. The summed E-state index contributed by atoms with van der Waals surface area (Å²) in [4.78, 5) is 10.5. The number of phenolic OH excluding ortho intramolecular Hbond substituents is 1. The SMILES string of the molecule is O=C(O)CCCc1c(Cl)c(O)cc2c1OCCO2. The van der Waals surface area contributed by atoms with Crippen LogP contribution in [0.3, 0.4) is 0 Å². The van der Waals surface area contributed by atoms with Gasteiger partial charge in [0, 0.05) is 18.1 Å². The van der Waals surface area contributed by atoms with Crippen molar-refractivity contribution in [1.82, 2.24) is 0 Å². The molecule has 18 heavy (non-hydrogen) atoms. The Morgan fingerprint density at radius 3 is 2.83 bits per heavy atom. The van der Waals surface area contributed by atoms with Crippen LogP contribution in [0.15, 0.2) is 6.07 Å². The Bertz CT molecular complexity index is 472. The predicted octanol–water partition coefficient (Wildman–Crippen LogP) is 2.22. The van der Waals surface area contributed by atoms with Gasteiger partial charge in [0.15, 0.2) is 11.5 Å². The van der Waals surface area contributed by atoms with Crippen molar-refractivity contribution in [3.8, 4) is 17.2 Å². The number of phenols is 1. The van der Waals surface area contributed by atoms with Crippen LogP contribution in [0.4, 0.5) is 0 Å². The minimum atomic E-state index is -0.864. The van der Waals surface area contributed by atoms with Gasteiger partial charge in [0.1, 0.15) is 19.0 Å². The van der Waals surface area contributed by atoms with E-state index in [-0.39, 0.29) is 17.2 Å². The van der Waals surface area contributed by atoms with Gasteiger partial charge in [-0.05, 0) is 12.8 Å². The highest BCUT2D eigenvalue weighted by molar-refractivity contribution is 6.33. The van der Waals surface area contributed by atoms with Crippen LogP contribution in [-0.4, -0.2) is 29.4 Å². The van der Waals surface area contributed by atoms with Crippen LogP contribution in [-0.2, 0) is 11.2 Å². The van der Waals surface area contributed by atoms with Gasteiger partial charge in [0.05, 0.1) is 5.02 Å². The van der Waals surface area contributed by atoms with E-state index in [1.807, 2.05) is 0 Å². The van der Waals surface area contributed by atoms with E-state index in [0.717, 1.165) is 0 Å². The zero-order chi connectivity index (χ0) is 13.1. The second-order valence-electron chi connectivity index (χ2n) is 3.96. The number of aliphatic carboxylic acids is 1. The molecule has 2 rings (SSSR count). The van der Waals surface area contributed by atoms with Crippen molar-refractivity contribution in [3.05, 3.63) is 16.7 Å². The maximum Gasteiger partial charge on any atom is 0.303 e. The monoisotopic (exact) mass is 272 g/mol. The van der Waals surface area contributed by atoms with Gasteiger partial charge in [-0.2, -0.15) is 0 Å². The largest absolute Gasteiger partial charge is 0.506 e. The van der Waals surface area contributed by atoms with Gasteiger partial charge < -0.3 is 19.7 Å². The first-order chi connectivity index (χ1) is 8.59. The van der Waals surface area contributed by atoms with E-state index in [0.29, 0.717) is 43.1 Å². The summed E-state index contributed by atoms with van der Waals surface area (Å²) in [5.41, 5.74) is 0.604. The Hall–Kier alpha value is -1.62. The van der Waals surface area contributed by atoms with Crippen LogP contribution in [0, 0.1) is 0 Å². The highest BCUT2D eigenvalue weighted by atomic mass is 35.5. The fraction of sp³-hybridized carbons (Fsp3) is 0.417. The molecule has 0 saturated heterocycles. The molecule has 0 aromatic heterocycles. The van der Waals surface area contributed by atoms with Crippen molar-refractivity contribution in [2.75, 3.05) is 13.2 Å². The highest BCUT2D eigenvalue weighted by Gasteiger charge is 2.21. The summed E-state index contributed by atoms with van der Waals surface area (Å²) in [5.74, 6) is 0.0199. The van der Waals surface area contributed by atoms with Crippen LogP contribution in [0.2, 0.25) is 5.02 Å². The van der Waals surface area contributed by atoms with Gasteiger partial charge in [-0.1, -0.05) is 11.6 Å². The summed E-state index contributed by atoms with van der Waals surface area (Å²) >= 11 is 6.01. The van der Waals surface area contributed by atoms with E-state index in [9.17, 15) is 9.90 Å². The molecule has 0 amide bonds. The summed E-state index contributed by atoms with van der Waals surface area (Å²) in [7, 11) is 0. The summed E-state index contributed by atoms with van der Waals surface area (Å²) in [6.45, 7) is 0.836. The maximum absolute atomic E-state index is 10.5. The number of carboxylic acid groups (broad SMARTS) is 1. The Morgan fingerprint density at radius 1 is 1.39 bits per heavy atom. The van der Waals surface area contributed by atoms with Gasteiger partial charge in [0.25, 0.3) is 0 Å².